The maximum absolute atomic E-state index is 11.8. The van der Waals surface area contributed by atoms with Gasteiger partial charge in [-0.25, -0.2) is 0 Å². The number of benzene rings is 1. The molecule has 0 unspecified atom stereocenters. The molecule has 13 heavy (non-hydrogen) atoms. The van der Waals surface area contributed by atoms with Crippen LogP contribution in [0.4, 0.5) is 4.39 Å². The number of hydrogen-bond acceptors (Lipinski definition) is 2. The van der Waals surface area contributed by atoms with E-state index in [1.807, 2.05) is 6.07 Å². The molecule has 0 atom stereocenters. The van der Waals surface area contributed by atoms with Gasteiger partial charge in [-0.1, -0.05) is 30.3 Å². The highest BCUT2D eigenvalue weighted by Crippen LogP contribution is 2.05. The first kappa shape index (κ1) is 9.58. The molecule has 0 saturated heterocycles. The Hall–Kier alpha value is -1.51. The van der Waals surface area contributed by atoms with Gasteiger partial charge < -0.3 is 5.41 Å². The second-order valence-electron chi connectivity index (χ2n) is 2.70. The zero-order valence-corrected chi connectivity index (χ0v) is 7.09. The van der Waals surface area contributed by atoms with Gasteiger partial charge >= 0.3 is 6.04 Å². The molecule has 0 aromatic heterocycles. The van der Waals surface area contributed by atoms with E-state index in [1.165, 1.54) is 0 Å². The summed E-state index contributed by atoms with van der Waals surface area (Å²) >= 11 is 0. The van der Waals surface area contributed by atoms with Crippen molar-refractivity contribution in [1.82, 2.24) is 0 Å². The van der Waals surface area contributed by atoms with Crippen molar-refractivity contribution in [3.05, 3.63) is 35.9 Å². The van der Waals surface area contributed by atoms with Crippen LogP contribution in [0, 0.1) is 5.41 Å². The zero-order valence-electron chi connectivity index (χ0n) is 7.09. The second kappa shape index (κ2) is 4.50. The van der Waals surface area contributed by atoms with E-state index in [2.05, 4.69) is 0 Å². The summed E-state index contributed by atoms with van der Waals surface area (Å²) in [5.41, 5.74) is 1.04. The van der Waals surface area contributed by atoms with E-state index in [0.717, 1.165) is 5.56 Å². The molecule has 1 aromatic carbocycles. The van der Waals surface area contributed by atoms with E-state index in [-0.39, 0.29) is 12.8 Å². The van der Waals surface area contributed by atoms with E-state index >= 15 is 0 Å². The van der Waals surface area contributed by atoms with Gasteiger partial charge in [0, 0.05) is 12.1 Å². The van der Waals surface area contributed by atoms with Crippen LogP contribution >= 0.6 is 0 Å². The Morgan fingerprint density at radius 3 is 2.38 bits per heavy atom. The summed E-state index contributed by atoms with van der Waals surface area (Å²) in [5.74, 6) is 0. The highest BCUT2D eigenvalue weighted by atomic mass is 19.1. The predicted octanol–water partition coefficient (Wildman–Crippen LogP) is 2.33. The van der Waals surface area contributed by atoms with E-state index in [9.17, 15) is 9.18 Å². The van der Waals surface area contributed by atoms with Crippen molar-refractivity contribution >= 4 is 11.7 Å². The lowest BCUT2D eigenvalue weighted by molar-refractivity contribution is -0.129. The van der Waals surface area contributed by atoms with Gasteiger partial charge in [-0.05, 0) is 12.0 Å². The third-order valence-electron chi connectivity index (χ3n) is 1.69. The number of carbonyl (C=O) groups is 1. The molecule has 1 aromatic rings. The van der Waals surface area contributed by atoms with Crippen LogP contribution in [0.2, 0.25) is 0 Å². The lowest BCUT2D eigenvalue weighted by Crippen LogP contribution is -2.01. The van der Waals surface area contributed by atoms with Crippen LogP contribution in [0.1, 0.15) is 18.4 Å². The van der Waals surface area contributed by atoms with Crippen molar-refractivity contribution in [2.24, 2.45) is 0 Å². The Bertz CT molecular complexity index is 308. The number of rotatable bonds is 4. The number of halogens is 1. The first-order valence-corrected chi connectivity index (χ1v) is 4.01. The van der Waals surface area contributed by atoms with Gasteiger partial charge in [-0.2, -0.15) is 4.39 Å². The fraction of sp³-hybridized carbons (Fsp3) is 0.200. The van der Waals surface area contributed by atoms with Crippen molar-refractivity contribution < 1.29 is 9.18 Å². The fourth-order valence-corrected chi connectivity index (χ4v) is 1.01. The largest absolute Gasteiger partial charge is 0.305 e. The Kier molecular flexibility index (Phi) is 3.31. The molecular formula is C10H10FNO. The molecule has 0 bridgehead atoms. The van der Waals surface area contributed by atoms with Crippen LogP contribution in [0.5, 0.6) is 0 Å². The van der Waals surface area contributed by atoms with E-state index in [1.54, 1.807) is 24.3 Å². The van der Waals surface area contributed by atoms with E-state index in [0.29, 0.717) is 5.71 Å². The average Bonchev–Trinajstić information content (AvgIpc) is 2.15. The SMILES string of the molecule is N=C(CCC(=O)F)c1ccccc1. The summed E-state index contributed by atoms with van der Waals surface area (Å²) in [7, 11) is 0. The number of nitrogens with one attached hydrogen (secondary N) is 1. The van der Waals surface area contributed by atoms with Crippen LogP contribution in [-0.2, 0) is 4.79 Å². The van der Waals surface area contributed by atoms with Crippen molar-refractivity contribution in [3.63, 3.8) is 0 Å². The van der Waals surface area contributed by atoms with Gasteiger partial charge in [-0.15, -0.1) is 0 Å². The van der Waals surface area contributed by atoms with E-state index in [4.69, 9.17) is 5.41 Å². The molecule has 3 heteroatoms. The highest BCUT2D eigenvalue weighted by molar-refractivity contribution is 5.99. The molecule has 0 fully saturated rings. The van der Waals surface area contributed by atoms with Crippen molar-refractivity contribution in [3.8, 4) is 0 Å². The number of carbonyl (C=O) groups excluding carboxylic acids is 1. The third-order valence-corrected chi connectivity index (χ3v) is 1.69. The van der Waals surface area contributed by atoms with Gasteiger partial charge in [0.2, 0.25) is 0 Å². The molecule has 0 saturated carbocycles. The molecule has 0 amide bonds. The molecule has 2 nitrogen and oxygen atoms in total. The van der Waals surface area contributed by atoms with Gasteiger partial charge in [0.05, 0.1) is 0 Å². The van der Waals surface area contributed by atoms with Crippen molar-refractivity contribution in [2.75, 3.05) is 0 Å². The summed E-state index contributed by atoms with van der Waals surface area (Å²) in [4.78, 5) is 10.0. The molecule has 0 radical (unpaired) electrons. The monoisotopic (exact) mass is 179 g/mol. The lowest BCUT2D eigenvalue weighted by Gasteiger charge is -2.00. The minimum absolute atomic E-state index is 0.166. The minimum Gasteiger partial charge on any atom is -0.305 e. The fourth-order valence-electron chi connectivity index (χ4n) is 1.01. The maximum Gasteiger partial charge on any atom is 0.301 e. The van der Waals surface area contributed by atoms with Gasteiger partial charge in [-0.3, -0.25) is 4.79 Å². The molecule has 1 N–H and O–H groups in total. The van der Waals surface area contributed by atoms with Crippen LogP contribution in [0.15, 0.2) is 30.3 Å². The summed E-state index contributed by atoms with van der Waals surface area (Å²) in [5, 5.41) is 7.50. The molecular weight excluding hydrogens is 169 g/mol. The summed E-state index contributed by atoms with van der Waals surface area (Å²) in [6.45, 7) is 0. The Morgan fingerprint density at radius 1 is 1.23 bits per heavy atom. The molecule has 0 aliphatic heterocycles. The van der Waals surface area contributed by atoms with Crippen LogP contribution in [0.25, 0.3) is 0 Å². The molecule has 0 spiro atoms. The van der Waals surface area contributed by atoms with Gasteiger partial charge in [0.15, 0.2) is 0 Å². The minimum atomic E-state index is -1.36. The number of hydrogen-bond donors (Lipinski definition) is 1. The Labute approximate surface area is 75.9 Å². The molecule has 0 aliphatic carbocycles. The quantitative estimate of drug-likeness (QED) is 0.559. The van der Waals surface area contributed by atoms with Crippen molar-refractivity contribution in [2.45, 2.75) is 12.8 Å². The first-order chi connectivity index (χ1) is 6.20. The molecule has 0 heterocycles. The standard InChI is InChI=1S/C10H10FNO/c11-10(13)7-6-9(12)8-4-2-1-3-5-8/h1-5,12H,6-7H2. The van der Waals surface area contributed by atoms with Crippen LogP contribution in [-0.4, -0.2) is 11.7 Å². The third kappa shape index (κ3) is 3.15. The Balaban J connectivity index is 2.54. The Morgan fingerprint density at radius 2 is 1.85 bits per heavy atom. The highest BCUT2D eigenvalue weighted by Gasteiger charge is 2.03. The van der Waals surface area contributed by atoms with Crippen LogP contribution in [0.3, 0.4) is 0 Å². The van der Waals surface area contributed by atoms with Gasteiger partial charge in [0.25, 0.3) is 0 Å². The summed E-state index contributed by atoms with van der Waals surface area (Å²) < 4.78 is 11.8. The zero-order chi connectivity index (χ0) is 9.68. The predicted molar refractivity (Wildman–Crippen MR) is 48.6 cm³/mol. The topological polar surface area (TPSA) is 40.9 Å². The summed E-state index contributed by atoms with van der Waals surface area (Å²) in [6.07, 6.45) is -0.0346. The first-order valence-electron chi connectivity index (χ1n) is 4.01. The average molecular weight is 179 g/mol. The van der Waals surface area contributed by atoms with E-state index < -0.39 is 6.04 Å². The smallest absolute Gasteiger partial charge is 0.301 e. The maximum atomic E-state index is 11.8. The molecule has 68 valence electrons. The lowest BCUT2D eigenvalue weighted by atomic mass is 10.1. The van der Waals surface area contributed by atoms with Gasteiger partial charge in [0.1, 0.15) is 0 Å². The normalized spacial score (nSPS) is 9.62. The van der Waals surface area contributed by atoms with Crippen LogP contribution < -0.4 is 0 Å². The van der Waals surface area contributed by atoms with Crippen molar-refractivity contribution in [1.29, 1.82) is 5.41 Å². The molecule has 1 rings (SSSR count). The molecule has 0 aliphatic rings. The summed E-state index contributed by atoms with van der Waals surface area (Å²) in [6, 6.07) is 7.64. The second-order valence-corrected chi connectivity index (χ2v) is 2.70.